The maximum Gasteiger partial charge on any atom is 0.118 e. The molecule has 3 rings (SSSR count). The third-order valence-electron chi connectivity index (χ3n) is 4.21. The summed E-state index contributed by atoms with van der Waals surface area (Å²) in [6.07, 6.45) is 10.4. The molecule has 120 valence electrons. The highest BCUT2D eigenvalue weighted by molar-refractivity contribution is 5.88. The maximum atomic E-state index is 6.22. The van der Waals surface area contributed by atoms with Gasteiger partial charge in [-0.3, -0.25) is 0 Å². The molecule has 5 nitrogen and oxygen atoms in total. The number of aliphatic imine (C=N–C) groups is 1. The van der Waals surface area contributed by atoms with Gasteiger partial charge in [-0.1, -0.05) is 25.5 Å². The summed E-state index contributed by atoms with van der Waals surface area (Å²) in [6, 6.07) is 6.45. The van der Waals surface area contributed by atoms with Gasteiger partial charge >= 0.3 is 0 Å². The number of allylic oxidation sites excluding steroid dienone is 1. The second kappa shape index (κ2) is 6.69. The van der Waals surface area contributed by atoms with E-state index in [1.165, 1.54) is 25.7 Å². The number of aromatic nitrogens is 2. The first-order chi connectivity index (χ1) is 11.1. The van der Waals surface area contributed by atoms with Crippen molar-refractivity contribution in [1.82, 2.24) is 14.9 Å². The Hall–Kier alpha value is -2.56. The van der Waals surface area contributed by atoms with Crippen LogP contribution in [0.3, 0.4) is 0 Å². The zero-order valence-electron chi connectivity index (χ0n) is 13.5. The summed E-state index contributed by atoms with van der Waals surface area (Å²) in [5.74, 6) is 0.692. The van der Waals surface area contributed by atoms with E-state index >= 15 is 0 Å². The van der Waals surface area contributed by atoms with Crippen molar-refractivity contribution in [1.29, 1.82) is 0 Å². The molecule has 2 aromatic heterocycles. The molecule has 0 saturated heterocycles. The number of nitrogens with zero attached hydrogens (tertiary/aromatic N) is 3. The van der Waals surface area contributed by atoms with E-state index in [0.29, 0.717) is 17.6 Å². The quantitative estimate of drug-likeness (QED) is 0.834. The normalized spacial score (nSPS) is 16.5. The van der Waals surface area contributed by atoms with Crippen LogP contribution in [0.25, 0.3) is 11.2 Å². The maximum absolute atomic E-state index is 6.22. The van der Waals surface area contributed by atoms with Gasteiger partial charge in [0.2, 0.25) is 0 Å². The van der Waals surface area contributed by atoms with E-state index in [9.17, 15) is 0 Å². The lowest BCUT2D eigenvalue weighted by Gasteiger charge is -2.11. The first-order valence-electron chi connectivity index (χ1n) is 8.05. The zero-order valence-corrected chi connectivity index (χ0v) is 13.5. The average Bonchev–Trinajstić information content (AvgIpc) is 3.13. The van der Waals surface area contributed by atoms with Crippen molar-refractivity contribution < 1.29 is 0 Å². The first-order valence-corrected chi connectivity index (χ1v) is 8.05. The van der Waals surface area contributed by atoms with Crippen molar-refractivity contribution in [3.63, 3.8) is 0 Å². The van der Waals surface area contributed by atoms with Crippen molar-refractivity contribution in [2.45, 2.75) is 38.6 Å². The lowest BCUT2D eigenvalue weighted by Crippen LogP contribution is -2.23. The van der Waals surface area contributed by atoms with Gasteiger partial charge in [-0.25, -0.2) is 9.51 Å². The molecule has 1 aliphatic rings. The van der Waals surface area contributed by atoms with E-state index in [-0.39, 0.29) is 0 Å². The van der Waals surface area contributed by atoms with Gasteiger partial charge in [0.05, 0.1) is 11.2 Å². The van der Waals surface area contributed by atoms with Crippen molar-refractivity contribution in [2.24, 2.45) is 10.7 Å². The highest BCUT2D eigenvalue weighted by atomic mass is 15.2. The van der Waals surface area contributed by atoms with Crippen LogP contribution in [0.15, 0.2) is 47.9 Å². The van der Waals surface area contributed by atoms with Crippen LogP contribution in [-0.2, 0) is 0 Å². The van der Waals surface area contributed by atoms with Crippen LogP contribution in [0.4, 0.5) is 0 Å². The number of aryl methyl sites for hydroxylation is 1. The number of pyridine rings is 1. The number of nitrogens with one attached hydrogen (secondary N) is 1. The summed E-state index contributed by atoms with van der Waals surface area (Å²) in [4.78, 5) is 4.33. The fourth-order valence-electron chi connectivity index (χ4n) is 3.11. The minimum Gasteiger partial charge on any atom is -0.398 e. The Morgan fingerprint density at radius 2 is 2.22 bits per heavy atom. The third-order valence-corrected chi connectivity index (χ3v) is 4.21. The molecular weight excluding hydrogens is 286 g/mol. The lowest BCUT2D eigenvalue weighted by atomic mass is 10.1. The van der Waals surface area contributed by atoms with Crippen LogP contribution in [0.2, 0.25) is 0 Å². The Morgan fingerprint density at radius 1 is 1.43 bits per heavy atom. The molecule has 0 unspecified atom stereocenters. The Kier molecular flexibility index (Phi) is 4.46. The molecule has 0 spiro atoms. The molecule has 0 bridgehead atoms. The smallest absolute Gasteiger partial charge is 0.118 e. The second-order valence-corrected chi connectivity index (χ2v) is 5.96. The lowest BCUT2D eigenvalue weighted by molar-refractivity contribution is 0.583. The largest absolute Gasteiger partial charge is 0.398 e. The monoisotopic (exact) mass is 309 g/mol. The van der Waals surface area contributed by atoms with Crippen molar-refractivity contribution in [3.05, 3.63) is 54.1 Å². The van der Waals surface area contributed by atoms with Gasteiger partial charge in [0.25, 0.3) is 0 Å². The van der Waals surface area contributed by atoms with Gasteiger partial charge < -0.3 is 11.1 Å². The number of nitrogens with two attached hydrogens (primary N) is 1. The van der Waals surface area contributed by atoms with Crippen LogP contribution in [-0.4, -0.2) is 21.9 Å². The van der Waals surface area contributed by atoms with Crippen molar-refractivity contribution in [2.75, 3.05) is 0 Å². The predicted molar refractivity (Wildman–Crippen MR) is 95.1 cm³/mol. The molecule has 0 amide bonds. The predicted octanol–water partition coefficient (Wildman–Crippen LogP) is 3.02. The highest BCUT2D eigenvalue weighted by Gasteiger charge is 2.14. The molecule has 1 saturated carbocycles. The van der Waals surface area contributed by atoms with Crippen LogP contribution >= 0.6 is 0 Å². The minimum absolute atomic E-state index is 0.517. The fraction of sp³-hybridized carbons (Fsp3) is 0.333. The first kappa shape index (κ1) is 15.3. The van der Waals surface area contributed by atoms with Gasteiger partial charge in [0, 0.05) is 29.7 Å². The van der Waals surface area contributed by atoms with Gasteiger partial charge in [-0.15, -0.1) is 0 Å². The van der Waals surface area contributed by atoms with Gasteiger partial charge in [0.15, 0.2) is 0 Å². The van der Waals surface area contributed by atoms with E-state index in [0.717, 1.165) is 16.8 Å². The van der Waals surface area contributed by atoms with Crippen LogP contribution in [0, 0.1) is 6.92 Å². The highest BCUT2D eigenvalue weighted by Crippen LogP contribution is 2.20. The van der Waals surface area contributed by atoms with Crippen molar-refractivity contribution in [3.8, 4) is 0 Å². The Balaban J connectivity index is 1.72. The summed E-state index contributed by atoms with van der Waals surface area (Å²) < 4.78 is 1.84. The van der Waals surface area contributed by atoms with Crippen LogP contribution in [0.5, 0.6) is 0 Å². The summed E-state index contributed by atoms with van der Waals surface area (Å²) in [5.41, 5.74) is 9.73. The standard InChI is InChI=1S/C18H23N5/c1-13-18(17-9-5-6-12-23(17)22-13)16(19)10-11-20-14(2)21-15-7-3-4-8-15/h5-6,9-12,15,21H,2-4,7-8,19H2,1H3/b16-10-,20-11?. The average molecular weight is 309 g/mol. The fourth-order valence-corrected chi connectivity index (χ4v) is 3.11. The topological polar surface area (TPSA) is 67.7 Å². The molecule has 0 aromatic carbocycles. The third kappa shape index (κ3) is 3.44. The Labute approximate surface area is 136 Å². The summed E-state index contributed by atoms with van der Waals surface area (Å²) in [5, 5.41) is 7.82. The zero-order chi connectivity index (χ0) is 16.2. The van der Waals surface area contributed by atoms with Crippen LogP contribution < -0.4 is 11.1 Å². The van der Waals surface area contributed by atoms with E-state index in [2.05, 4.69) is 22.0 Å². The van der Waals surface area contributed by atoms with Gasteiger partial charge in [0.1, 0.15) is 5.82 Å². The van der Waals surface area contributed by atoms with E-state index in [4.69, 9.17) is 5.73 Å². The van der Waals surface area contributed by atoms with E-state index in [1.807, 2.05) is 35.8 Å². The summed E-state index contributed by atoms with van der Waals surface area (Å²) in [7, 11) is 0. The minimum atomic E-state index is 0.517. The molecule has 0 radical (unpaired) electrons. The number of hydrogen-bond acceptors (Lipinski definition) is 4. The van der Waals surface area contributed by atoms with Crippen molar-refractivity contribution >= 4 is 17.4 Å². The molecule has 5 heteroatoms. The summed E-state index contributed by atoms with van der Waals surface area (Å²) >= 11 is 0. The molecular formula is C18H23N5. The molecule has 3 N–H and O–H groups in total. The molecule has 23 heavy (non-hydrogen) atoms. The number of hydrogen-bond donors (Lipinski definition) is 2. The van der Waals surface area contributed by atoms with E-state index in [1.54, 1.807) is 12.3 Å². The Bertz CT molecular complexity index is 763. The number of rotatable bonds is 5. The molecule has 0 aliphatic heterocycles. The SMILES string of the molecule is C=C(N=C/C=C(\N)c1c(C)nn2ccccc12)NC1CCCC1. The molecule has 0 atom stereocenters. The Morgan fingerprint density at radius 3 is 3.00 bits per heavy atom. The summed E-state index contributed by atoms with van der Waals surface area (Å²) in [6.45, 7) is 5.91. The van der Waals surface area contributed by atoms with Gasteiger partial charge in [-0.05, 0) is 38.0 Å². The van der Waals surface area contributed by atoms with E-state index < -0.39 is 0 Å². The number of fused-ring (bicyclic) bond motifs is 1. The second-order valence-electron chi connectivity index (χ2n) is 5.96. The van der Waals surface area contributed by atoms with Gasteiger partial charge in [-0.2, -0.15) is 5.10 Å². The molecule has 2 aromatic rings. The molecule has 2 heterocycles. The molecule has 1 fully saturated rings. The van der Waals surface area contributed by atoms with Crippen LogP contribution in [0.1, 0.15) is 36.9 Å². The molecule has 1 aliphatic carbocycles.